The van der Waals surface area contributed by atoms with Crippen LogP contribution in [-0.2, 0) is 18.1 Å². The van der Waals surface area contributed by atoms with E-state index >= 15 is 0 Å². The molecule has 0 spiro atoms. The normalized spacial score (nSPS) is 10.8. The van der Waals surface area contributed by atoms with E-state index in [-0.39, 0.29) is 12.6 Å². The predicted molar refractivity (Wildman–Crippen MR) is 107 cm³/mol. The monoisotopic (exact) mass is 431 g/mol. The molecular weight excluding hydrogens is 410 g/mol. The highest BCUT2D eigenvalue weighted by Crippen LogP contribution is 2.19. The SMILES string of the molecule is Cc1ccc(OCn2cc(NC(=O)CCn3cc(Br)c(C)n3)cn2)c(C)c1. The topological polar surface area (TPSA) is 74.0 Å². The predicted octanol–water partition coefficient (Wildman–Crippen LogP) is 3.83. The maximum Gasteiger partial charge on any atom is 0.226 e. The largest absolute Gasteiger partial charge is 0.471 e. The van der Waals surface area contributed by atoms with Crippen molar-refractivity contribution in [2.24, 2.45) is 0 Å². The van der Waals surface area contributed by atoms with Crippen molar-refractivity contribution < 1.29 is 9.53 Å². The number of nitrogens with one attached hydrogen (secondary N) is 1. The number of hydrogen-bond donors (Lipinski definition) is 1. The van der Waals surface area contributed by atoms with Gasteiger partial charge in [0.2, 0.25) is 5.91 Å². The van der Waals surface area contributed by atoms with Gasteiger partial charge in [0.1, 0.15) is 5.75 Å². The van der Waals surface area contributed by atoms with Crippen molar-refractivity contribution in [3.63, 3.8) is 0 Å². The average molecular weight is 432 g/mol. The third-order valence-electron chi connectivity index (χ3n) is 4.05. The van der Waals surface area contributed by atoms with E-state index in [4.69, 9.17) is 4.74 Å². The molecule has 0 aliphatic rings. The number of carbonyl (C=O) groups is 1. The molecule has 1 amide bonds. The summed E-state index contributed by atoms with van der Waals surface area (Å²) in [5.74, 6) is 0.733. The van der Waals surface area contributed by atoms with Crippen molar-refractivity contribution in [2.45, 2.75) is 40.5 Å². The molecule has 3 aromatic rings. The van der Waals surface area contributed by atoms with Crippen LogP contribution in [-0.4, -0.2) is 25.5 Å². The molecule has 1 aromatic carbocycles. The summed E-state index contributed by atoms with van der Waals surface area (Å²) in [6.45, 7) is 6.76. The highest BCUT2D eigenvalue weighted by atomic mass is 79.9. The van der Waals surface area contributed by atoms with Crippen LogP contribution in [0.25, 0.3) is 0 Å². The maximum atomic E-state index is 12.1. The molecule has 0 saturated carbocycles. The van der Waals surface area contributed by atoms with Gasteiger partial charge in [-0.2, -0.15) is 10.2 Å². The number of anilines is 1. The number of rotatable bonds is 7. The van der Waals surface area contributed by atoms with Crippen LogP contribution in [0.15, 0.2) is 41.3 Å². The number of halogens is 1. The number of aryl methyl sites for hydroxylation is 4. The number of aromatic nitrogens is 4. The van der Waals surface area contributed by atoms with Gasteiger partial charge in [-0.05, 0) is 48.3 Å². The minimum atomic E-state index is -0.0888. The Balaban J connectivity index is 1.49. The van der Waals surface area contributed by atoms with E-state index in [0.29, 0.717) is 18.7 Å². The van der Waals surface area contributed by atoms with E-state index in [0.717, 1.165) is 21.5 Å². The molecular formula is C19H22BrN5O2. The van der Waals surface area contributed by atoms with Gasteiger partial charge in [0.25, 0.3) is 0 Å². The molecule has 0 aliphatic carbocycles. The lowest BCUT2D eigenvalue weighted by Crippen LogP contribution is -2.14. The first-order chi connectivity index (χ1) is 12.9. The molecule has 0 radical (unpaired) electrons. The van der Waals surface area contributed by atoms with Gasteiger partial charge >= 0.3 is 0 Å². The van der Waals surface area contributed by atoms with Gasteiger partial charge in [0, 0.05) is 19.2 Å². The number of hydrogen-bond acceptors (Lipinski definition) is 4. The molecule has 3 rings (SSSR count). The van der Waals surface area contributed by atoms with E-state index in [1.807, 2.05) is 39.1 Å². The molecule has 7 nitrogen and oxygen atoms in total. The second-order valence-corrected chi connectivity index (χ2v) is 7.29. The van der Waals surface area contributed by atoms with Crippen molar-refractivity contribution in [2.75, 3.05) is 5.32 Å². The van der Waals surface area contributed by atoms with Gasteiger partial charge in [0.05, 0.1) is 28.2 Å². The zero-order valence-corrected chi connectivity index (χ0v) is 17.2. The minimum absolute atomic E-state index is 0.0888. The first-order valence-corrected chi connectivity index (χ1v) is 9.42. The van der Waals surface area contributed by atoms with Crippen LogP contribution in [0, 0.1) is 20.8 Å². The van der Waals surface area contributed by atoms with Crippen molar-refractivity contribution in [3.8, 4) is 5.75 Å². The fraction of sp³-hybridized carbons (Fsp3) is 0.316. The summed E-state index contributed by atoms with van der Waals surface area (Å²) in [7, 11) is 0. The molecule has 0 aliphatic heterocycles. The lowest BCUT2D eigenvalue weighted by Gasteiger charge is -2.09. The molecule has 2 heterocycles. The van der Waals surface area contributed by atoms with Crippen LogP contribution in [0.5, 0.6) is 5.75 Å². The minimum Gasteiger partial charge on any atom is -0.471 e. The Bertz CT molecular complexity index is 928. The fourth-order valence-electron chi connectivity index (χ4n) is 2.64. The van der Waals surface area contributed by atoms with Crippen LogP contribution in [0.3, 0.4) is 0 Å². The third-order valence-corrected chi connectivity index (χ3v) is 4.83. The van der Waals surface area contributed by atoms with Crippen molar-refractivity contribution in [3.05, 3.63) is 58.1 Å². The smallest absolute Gasteiger partial charge is 0.226 e. The second kappa shape index (κ2) is 8.39. The third kappa shape index (κ3) is 5.19. The van der Waals surface area contributed by atoms with Gasteiger partial charge in [-0.15, -0.1) is 0 Å². The maximum absolute atomic E-state index is 12.1. The Morgan fingerprint density at radius 3 is 2.74 bits per heavy atom. The van der Waals surface area contributed by atoms with Crippen LogP contribution in [0.4, 0.5) is 5.69 Å². The van der Waals surface area contributed by atoms with Gasteiger partial charge < -0.3 is 10.1 Å². The molecule has 142 valence electrons. The fourth-order valence-corrected chi connectivity index (χ4v) is 2.96. The van der Waals surface area contributed by atoms with E-state index in [1.54, 1.807) is 21.8 Å². The van der Waals surface area contributed by atoms with E-state index in [2.05, 4.69) is 37.5 Å². The lowest BCUT2D eigenvalue weighted by atomic mass is 10.1. The number of ether oxygens (including phenoxy) is 1. The summed E-state index contributed by atoms with van der Waals surface area (Å²) in [6, 6.07) is 6.03. The Kier molecular flexibility index (Phi) is 5.95. The number of amides is 1. The first-order valence-electron chi connectivity index (χ1n) is 8.62. The summed E-state index contributed by atoms with van der Waals surface area (Å²) in [6.07, 6.45) is 5.55. The van der Waals surface area contributed by atoms with E-state index in [1.165, 1.54) is 5.56 Å². The van der Waals surface area contributed by atoms with Crippen molar-refractivity contribution in [1.82, 2.24) is 19.6 Å². The van der Waals surface area contributed by atoms with Crippen LogP contribution < -0.4 is 10.1 Å². The molecule has 0 saturated heterocycles. The number of benzene rings is 1. The van der Waals surface area contributed by atoms with Crippen molar-refractivity contribution in [1.29, 1.82) is 0 Å². The Labute approximate surface area is 166 Å². The van der Waals surface area contributed by atoms with Gasteiger partial charge in [-0.25, -0.2) is 4.68 Å². The van der Waals surface area contributed by atoms with Gasteiger partial charge in [0.15, 0.2) is 6.73 Å². The zero-order valence-electron chi connectivity index (χ0n) is 15.6. The molecule has 8 heteroatoms. The molecule has 2 aromatic heterocycles. The summed E-state index contributed by atoms with van der Waals surface area (Å²) < 4.78 is 10.1. The van der Waals surface area contributed by atoms with Gasteiger partial charge in [-0.1, -0.05) is 17.7 Å². The Morgan fingerprint density at radius 2 is 2.04 bits per heavy atom. The lowest BCUT2D eigenvalue weighted by molar-refractivity contribution is -0.116. The van der Waals surface area contributed by atoms with E-state index < -0.39 is 0 Å². The Morgan fingerprint density at radius 1 is 1.22 bits per heavy atom. The van der Waals surface area contributed by atoms with Crippen LogP contribution in [0.1, 0.15) is 23.2 Å². The summed E-state index contributed by atoms with van der Waals surface area (Å²) in [5.41, 5.74) is 3.82. The highest BCUT2D eigenvalue weighted by molar-refractivity contribution is 9.10. The first kappa shape index (κ1) is 19.2. The molecule has 0 bridgehead atoms. The second-order valence-electron chi connectivity index (χ2n) is 6.43. The molecule has 0 atom stereocenters. The number of nitrogens with zero attached hydrogens (tertiary/aromatic N) is 4. The summed E-state index contributed by atoms with van der Waals surface area (Å²) in [5, 5.41) is 11.4. The van der Waals surface area contributed by atoms with E-state index in [9.17, 15) is 4.79 Å². The quantitative estimate of drug-likeness (QED) is 0.616. The molecule has 27 heavy (non-hydrogen) atoms. The van der Waals surface area contributed by atoms with Crippen LogP contribution in [0.2, 0.25) is 0 Å². The highest BCUT2D eigenvalue weighted by Gasteiger charge is 2.08. The zero-order chi connectivity index (χ0) is 19.4. The molecule has 1 N–H and O–H groups in total. The molecule has 0 fully saturated rings. The Hall–Kier alpha value is -2.61. The summed E-state index contributed by atoms with van der Waals surface area (Å²) in [4.78, 5) is 12.1. The summed E-state index contributed by atoms with van der Waals surface area (Å²) >= 11 is 3.41. The van der Waals surface area contributed by atoms with Crippen molar-refractivity contribution >= 4 is 27.5 Å². The average Bonchev–Trinajstić information content (AvgIpc) is 3.19. The van der Waals surface area contributed by atoms with Gasteiger partial charge in [-0.3, -0.25) is 9.48 Å². The molecule has 0 unspecified atom stereocenters. The number of carbonyl (C=O) groups excluding carboxylic acids is 1. The standard InChI is InChI=1S/C19H22BrN5O2/c1-13-4-5-18(14(2)8-13)27-12-25-10-16(9-21-25)22-19(26)6-7-24-11-17(20)15(3)23-24/h4-5,8-11H,6-7,12H2,1-3H3,(H,22,26). The van der Waals surface area contributed by atoms with Crippen LogP contribution >= 0.6 is 15.9 Å².